The number of aromatic nitrogens is 4. The summed E-state index contributed by atoms with van der Waals surface area (Å²) in [5.41, 5.74) is 7.06. The maximum absolute atomic E-state index is 14.5. The summed E-state index contributed by atoms with van der Waals surface area (Å²) in [6, 6.07) is 10.3. The van der Waals surface area contributed by atoms with Crippen LogP contribution in [0.2, 0.25) is 5.02 Å². The zero-order chi connectivity index (χ0) is 20.9. The molecule has 1 aromatic carbocycles. The molecule has 0 aliphatic carbocycles. The van der Waals surface area contributed by atoms with Gasteiger partial charge in [-0.3, -0.25) is 15.1 Å². The maximum Gasteiger partial charge on any atom is 0.151 e. The number of nitrogens with one attached hydrogen (secondary N) is 2. The van der Waals surface area contributed by atoms with Crippen molar-refractivity contribution < 1.29 is 4.39 Å². The fraction of sp³-hybridized carbons (Fsp3) is 0.130. The summed E-state index contributed by atoms with van der Waals surface area (Å²) in [5.74, 6) is 0.541. The first kappa shape index (κ1) is 18.2. The third-order valence-corrected chi connectivity index (χ3v) is 5.86. The number of halogens is 2. The molecule has 3 aromatic heterocycles. The molecule has 0 spiro atoms. The predicted molar refractivity (Wildman–Crippen MR) is 120 cm³/mol. The maximum atomic E-state index is 14.5. The van der Waals surface area contributed by atoms with Crippen LogP contribution in [-0.2, 0) is 6.42 Å². The second-order valence-electron chi connectivity index (χ2n) is 7.49. The summed E-state index contributed by atoms with van der Waals surface area (Å²) in [4.78, 5) is 13.9. The third-order valence-electron chi connectivity index (χ3n) is 5.62. The molecule has 5 heterocycles. The number of H-pyrrole nitrogens is 1. The summed E-state index contributed by atoms with van der Waals surface area (Å²) in [7, 11) is 0. The highest BCUT2D eigenvalue weighted by Crippen LogP contribution is 2.32. The number of allylic oxidation sites excluding steroid dienone is 1. The van der Waals surface area contributed by atoms with Gasteiger partial charge in [-0.05, 0) is 42.8 Å². The van der Waals surface area contributed by atoms with Crippen molar-refractivity contribution in [1.82, 2.24) is 20.2 Å². The van der Waals surface area contributed by atoms with E-state index in [2.05, 4.69) is 25.5 Å². The molecule has 0 bridgehead atoms. The third kappa shape index (κ3) is 3.00. The fourth-order valence-corrected chi connectivity index (χ4v) is 4.31. The predicted octanol–water partition coefficient (Wildman–Crippen LogP) is 4.67. The lowest BCUT2D eigenvalue weighted by Gasteiger charge is -2.10. The van der Waals surface area contributed by atoms with Crippen LogP contribution in [-0.4, -0.2) is 39.0 Å². The van der Waals surface area contributed by atoms with Gasteiger partial charge in [-0.2, -0.15) is 5.10 Å². The molecule has 8 heteroatoms. The van der Waals surface area contributed by atoms with Gasteiger partial charge in [0.05, 0.1) is 34.7 Å². The Morgan fingerprint density at radius 1 is 1.06 bits per heavy atom. The Morgan fingerprint density at radius 3 is 2.94 bits per heavy atom. The number of anilines is 1. The number of pyridine rings is 2. The van der Waals surface area contributed by atoms with E-state index in [1.54, 1.807) is 6.07 Å². The molecule has 0 unspecified atom stereocenters. The van der Waals surface area contributed by atoms with E-state index in [0.29, 0.717) is 22.8 Å². The van der Waals surface area contributed by atoms with Gasteiger partial charge >= 0.3 is 0 Å². The van der Waals surface area contributed by atoms with E-state index in [4.69, 9.17) is 16.6 Å². The van der Waals surface area contributed by atoms with Gasteiger partial charge in [0.2, 0.25) is 0 Å². The quantitative estimate of drug-likeness (QED) is 0.495. The van der Waals surface area contributed by atoms with Crippen molar-refractivity contribution >= 4 is 39.7 Å². The Kier molecular flexibility index (Phi) is 4.11. The number of fused-ring (bicyclic) bond motifs is 2. The van der Waals surface area contributed by atoms with Crippen molar-refractivity contribution in [3.8, 4) is 11.3 Å². The lowest BCUT2D eigenvalue weighted by molar-refractivity contribution is 0.625. The number of benzene rings is 1. The molecule has 0 radical (unpaired) electrons. The van der Waals surface area contributed by atoms with Gasteiger partial charge in [-0.1, -0.05) is 17.7 Å². The van der Waals surface area contributed by atoms with Crippen molar-refractivity contribution in [2.24, 2.45) is 4.99 Å². The van der Waals surface area contributed by atoms with Gasteiger partial charge in [0.25, 0.3) is 0 Å². The molecule has 0 atom stereocenters. The lowest BCUT2D eigenvalue weighted by atomic mass is 9.99. The zero-order valence-corrected chi connectivity index (χ0v) is 17.0. The minimum atomic E-state index is -0.359. The minimum absolute atomic E-state index is 0.359. The fourth-order valence-electron chi connectivity index (χ4n) is 4.14. The standard InChI is InChI=1S/C23H16ClFN6/c24-13-1-2-17(25)16(10-13)22-14(5-7-26-22)18-3-4-19-20(29-18)9-12(11-28-19)21-15-6-8-27-23(15)31-30-21/h1-5,9-11H,6-8H2,(H2,27,30,31). The topological polar surface area (TPSA) is 78.8 Å². The number of rotatable bonds is 3. The zero-order valence-electron chi connectivity index (χ0n) is 16.3. The Balaban J connectivity index is 1.42. The first-order chi connectivity index (χ1) is 15.2. The van der Waals surface area contributed by atoms with Crippen LogP contribution in [0.5, 0.6) is 0 Å². The second kappa shape index (κ2) is 6.99. The van der Waals surface area contributed by atoms with E-state index in [1.807, 2.05) is 30.5 Å². The van der Waals surface area contributed by atoms with E-state index >= 15 is 0 Å². The molecule has 31 heavy (non-hydrogen) atoms. The highest BCUT2D eigenvalue weighted by atomic mass is 35.5. The highest BCUT2D eigenvalue weighted by molar-refractivity contribution is 6.35. The van der Waals surface area contributed by atoms with Crippen LogP contribution in [0.3, 0.4) is 0 Å². The Labute approximate surface area is 181 Å². The normalized spacial score (nSPS) is 15.0. The Hall–Kier alpha value is -3.58. The molecule has 4 aromatic rings. The van der Waals surface area contributed by atoms with Crippen LogP contribution >= 0.6 is 11.6 Å². The van der Waals surface area contributed by atoms with Crippen LogP contribution in [0.15, 0.2) is 53.7 Å². The van der Waals surface area contributed by atoms with E-state index in [1.165, 1.54) is 17.7 Å². The molecule has 0 amide bonds. The van der Waals surface area contributed by atoms with Gasteiger partial charge < -0.3 is 5.32 Å². The summed E-state index contributed by atoms with van der Waals surface area (Å²) in [5, 5.41) is 11.2. The molecule has 0 saturated heterocycles. The summed E-state index contributed by atoms with van der Waals surface area (Å²) in [6.45, 7) is 1.36. The molecule has 6 rings (SSSR count). The van der Waals surface area contributed by atoms with Gasteiger partial charge in [0.1, 0.15) is 5.82 Å². The molecule has 0 fully saturated rings. The SMILES string of the molecule is Fc1ccc(Cl)cc1C1=NCC=C1c1ccc2ncc(-c3[nH]nc4c3CCN4)cc2n1. The van der Waals surface area contributed by atoms with Crippen LogP contribution < -0.4 is 5.32 Å². The van der Waals surface area contributed by atoms with E-state index in [9.17, 15) is 4.39 Å². The van der Waals surface area contributed by atoms with Gasteiger partial charge in [0.15, 0.2) is 5.82 Å². The van der Waals surface area contributed by atoms with Gasteiger partial charge in [-0.25, -0.2) is 9.37 Å². The van der Waals surface area contributed by atoms with Crippen LogP contribution in [0, 0.1) is 5.82 Å². The summed E-state index contributed by atoms with van der Waals surface area (Å²) < 4.78 is 14.5. The molecule has 152 valence electrons. The van der Waals surface area contributed by atoms with Crippen molar-refractivity contribution in [2.45, 2.75) is 6.42 Å². The smallest absolute Gasteiger partial charge is 0.151 e. The minimum Gasteiger partial charge on any atom is -0.368 e. The highest BCUT2D eigenvalue weighted by Gasteiger charge is 2.22. The molecule has 2 aliphatic heterocycles. The number of aromatic amines is 1. The number of hydrogen-bond acceptors (Lipinski definition) is 5. The summed E-state index contributed by atoms with van der Waals surface area (Å²) in [6.07, 6.45) is 4.71. The molecule has 2 aliphatic rings. The number of aliphatic imine (C=N–C) groups is 1. The molecule has 6 nitrogen and oxygen atoms in total. The van der Waals surface area contributed by atoms with Gasteiger partial charge in [0, 0.05) is 40.0 Å². The second-order valence-corrected chi connectivity index (χ2v) is 7.93. The number of hydrogen-bond donors (Lipinski definition) is 2. The van der Waals surface area contributed by atoms with Crippen molar-refractivity contribution in [1.29, 1.82) is 0 Å². The van der Waals surface area contributed by atoms with Crippen LogP contribution in [0.4, 0.5) is 10.2 Å². The van der Waals surface area contributed by atoms with E-state index in [0.717, 1.165) is 52.3 Å². The van der Waals surface area contributed by atoms with Gasteiger partial charge in [-0.15, -0.1) is 0 Å². The molecular formula is C23H16ClFN6. The van der Waals surface area contributed by atoms with Crippen molar-refractivity contribution in [3.63, 3.8) is 0 Å². The van der Waals surface area contributed by atoms with Crippen LogP contribution in [0.25, 0.3) is 27.9 Å². The average molecular weight is 431 g/mol. The summed E-state index contributed by atoms with van der Waals surface area (Å²) >= 11 is 6.10. The first-order valence-corrected chi connectivity index (χ1v) is 10.3. The largest absolute Gasteiger partial charge is 0.368 e. The van der Waals surface area contributed by atoms with Crippen molar-refractivity contribution in [2.75, 3.05) is 18.4 Å². The Morgan fingerprint density at radius 2 is 2.00 bits per heavy atom. The van der Waals surface area contributed by atoms with E-state index < -0.39 is 0 Å². The average Bonchev–Trinajstić information content (AvgIpc) is 3.52. The molecule has 0 saturated carbocycles. The van der Waals surface area contributed by atoms with Crippen molar-refractivity contribution in [3.05, 3.63) is 76.3 Å². The monoisotopic (exact) mass is 430 g/mol. The van der Waals surface area contributed by atoms with Crippen LogP contribution in [0.1, 0.15) is 16.8 Å². The Bertz CT molecular complexity index is 1420. The lowest BCUT2D eigenvalue weighted by Crippen LogP contribution is -2.06. The molecular weight excluding hydrogens is 415 g/mol. The molecule has 2 N–H and O–H groups in total. The van der Waals surface area contributed by atoms with E-state index in [-0.39, 0.29) is 5.82 Å². The number of nitrogens with zero attached hydrogens (tertiary/aromatic N) is 4. The first-order valence-electron chi connectivity index (χ1n) is 9.96.